The highest BCUT2D eigenvalue weighted by atomic mass is 35.5. The summed E-state index contributed by atoms with van der Waals surface area (Å²) in [5, 5.41) is 4.65. The third-order valence-electron chi connectivity index (χ3n) is 3.11. The van der Waals surface area contributed by atoms with E-state index in [1.165, 1.54) is 16.7 Å². The van der Waals surface area contributed by atoms with Gasteiger partial charge in [0.15, 0.2) is 0 Å². The lowest BCUT2D eigenvalue weighted by molar-refractivity contribution is 1.31. The lowest BCUT2D eigenvalue weighted by atomic mass is 10.0. The molecule has 2 aromatic rings. The first-order valence-electron chi connectivity index (χ1n) is 6.19. The summed E-state index contributed by atoms with van der Waals surface area (Å²) >= 11 is 12.5. The molecule has 0 amide bonds. The highest BCUT2D eigenvalue weighted by Gasteiger charge is 2.10. The molecule has 0 aromatic heterocycles. The zero-order chi connectivity index (χ0) is 14.2. The molecule has 1 N–H and O–H groups in total. The summed E-state index contributed by atoms with van der Waals surface area (Å²) in [4.78, 5) is 0. The first kappa shape index (κ1) is 14.2. The van der Waals surface area contributed by atoms with Crippen molar-refractivity contribution in [3.05, 3.63) is 56.6 Å². The molecule has 0 atom stereocenters. The van der Waals surface area contributed by atoms with Crippen LogP contribution in [0.3, 0.4) is 0 Å². The molecule has 0 aliphatic carbocycles. The minimum atomic E-state index is 0.643. The second-order valence-corrected chi connectivity index (χ2v) is 5.82. The Labute approximate surface area is 124 Å². The molecule has 0 unspecified atom stereocenters. The number of benzene rings is 2. The fraction of sp³-hybridized carbons (Fsp3) is 0.250. The summed E-state index contributed by atoms with van der Waals surface area (Å²) < 4.78 is 0. The average Bonchev–Trinajstić information content (AvgIpc) is 2.25. The Morgan fingerprint density at radius 1 is 0.684 bits per heavy atom. The molecule has 100 valence electrons. The minimum Gasteiger partial charge on any atom is -0.353 e. The van der Waals surface area contributed by atoms with Gasteiger partial charge in [0.2, 0.25) is 0 Å². The Morgan fingerprint density at radius 3 is 1.58 bits per heavy atom. The van der Waals surface area contributed by atoms with Crippen molar-refractivity contribution in [1.29, 1.82) is 0 Å². The van der Waals surface area contributed by atoms with Crippen LogP contribution in [-0.2, 0) is 0 Å². The number of rotatable bonds is 2. The largest absolute Gasteiger partial charge is 0.353 e. The van der Waals surface area contributed by atoms with Crippen molar-refractivity contribution in [2.45, 2.75) is 27.7 Å². The molecule has 0 bridgehead atoms. The molecular weight excluding hydrogens is 277 g/mol. The van der Waals surface area contributed by atoms with Crippen molar-refractivity contribution in [3.63, 3.8) is 0 Å². The van der Waals surface area contributed by atoms with Crippen LogP contribution < -0.4 is 5.32 Å². The summed E-state index contributed by atoms with van der Waals surface area (Å²) in [6, 6.07) is 8.11. The summed E-state index contributed by atoms with van der Waals surface area (Å²) in [6.07, 6.45) is 0. The fourth-order valence-corrected chi connectivity index (χ4v) is 3.01. The summed E-state index contributed by atoms with van der Waals surface area (Å²) in [7, 11) is 0. The van der Waals surface area contributed by atoms with Gasteiger partial charge in [-0.1, -0.05) is 40.9 Å². The topological polar surface area (TPSA) is 12.0 Å². The molecule has 2 aromatic carbocycles. The van der Waals surface area contributed by atoms with E-state index in [9.17, 15) is 0 Å². The summed E-state index contributed by atoms with van der Waals surface area (Å²) in [5.74, 6) is 0. The lowest BCUT2D eigenvalue weighted by Crippen LogP contribution is -1.98. The lowest BCUT2D eigenvalue weighted by Gasteiger charge is -2.16. The van der Waals surface area contributed by atoms with E-state index >= 15 is 0 Å². The first-order chi connectivity index (χ1) is 8.88. The second-order valence-electron chi connectivity index (χ2n) is 5.00. The van der Waals surface area contributed by atoms with Gasteiger partial charge in [-0.15, -0.1) is 0 Å². The number of hydrogen-bond donors (Lipinski definition) is 1. The molecule has 0 saturated heterocycles. The summed E-state index contributed by atoms with van der Waals surface area (Å²) in [5.41, 5.74) is 6.51. The zero-order valence-corrected chi connectivity index (χ0v) is 13.1. The number of aryl methyl sites for hydroxylation is 4. The molecule has 0 aliphatic heterocycles. The van der Waals surface area contributed by atoms with Crippen LogP contribution in [0.5, 0.6) is 0 Å². The van der Waals surface area contributed by atoms with E-state index < -0.39 is 0 Å². The standard InChI is InChI=1S/C16H17Cl2N/c1-9-5-11(3)15(12(4)6-9)19-16-13(17)7-10(2)8-14(16)18/h5-8,19H,1-4H3. The number of hydrogen-bond acceptors (Lipinski definition) is 1. The SMILES string of the molecule is Cc1cc(C)c(Nc2c(Cl)cc(C)cc2Cl)c(C)c1. The van der Waals surface area contributed by atoms with Crippen molar-refractivity contribution in [1.82, 2.24) is 0 Å². The van der Waals surface area contributed by atoms with Crippen molar-refractivity contribution >= 4 is 34.6 Å². The van der Waals surface area contributed by atoms with Crippen molar-refractivity contribution < 1.29 is 0 Å². The smallest absolute Gasteiger partial charge is 0.0763 e. The van der Waals surface area contributed by atoms with Crippen molar-refractivity contribution in [2.75, 3.05) is 5.32 Å². The van der Waals surface area contributed by atoms with E-state index in [1.807, 2.05) is 19.1 Å². The normalized spacial score (nSPS) is 10.6. The van der Waals surface area contributed by atoms with Gasteiger partial charge in [0.05, 0.1) is 15.7 Å². The maximum Gasteiger partial charge on any atom is 0.0763 e. The highest BCUT2D eigenvalue weighted by molar-refractivity contribution is 6.39. The Hall–Kier alpha value is -1.18. The monoisotopic (exact) mass is 293 g/mol. The van der Waals surface area contributed by atoms with Crippen LogP contribution in [0.15, 0.2) is 24.3 Å². The Bertz CT molecular complexity index is 531. The molecule has 0 heterocycles. The summed E-state index contributed by atoms with van der Waals surface area (Å²) in [6.45, 7) is 8.23. The van der Waals surface area contributed by atoms with Crippen LogP contribution in [-0.4, -0.2) is 0 Å². The highest BCUT2D eigenvalue weighted by Crippen LogP contribution is 2.36. The van der Waals surface area contributed by atoms with Crippen LogP contribution in [0, 0.1) is 27.7 Å². The number of anilines is 2. The molecule has 0 spiro atoms. The van der Waals surface area contributed by atoms with E-state index in [0.29, 0.717) is 10.0 Å². The first-order valence-corrected chi connectivity index (χ1v) is 6.94. The van der Waals surface area contributed by atoms with Crippen molar-refractivity contribution in [3.8, 4) is 0 Å². The Kier molecular flexibility index (Phi) is 4.07. The maximum absolute atomic E-state index is 6.27. The maximum atomic E-state index is 6.27. The van der Waals surface area contributed by atoms with Crippen LogP contribution >= 0.6 is 23.2 Å². The molecule has 2 rings (SSSR count). The van der Waals surface area contributed by atoms with E-state index in [4.69, 9.17) is 23.2 Å². The van der Waals surface area contributed by atoms with Crippen LogP contribution in [0.4, 0.5) is 11.4 Å². The Morgan fingerprint density at radius 2 is 1.11 bits per heavy atom. The van der Waals surface area contributed by atoms with Crippen LogP contribution in [0.2, 0.25) is 10.0 Å². The predicted octanol–water partition coefficient (Wildman–Crippen LogP) is 5.97. The second kappa shape index (κ2) is 5.44. The van der Waals surface area contributed by atoms with Crippen LogP contribution in [0.25, 0.3) is 0 Å². The number of halogens is 2. The van der Waals surface area contributed by atoms with Gasteiger partial charge in [-0.2, -0.15) is 0 Å². The minimum absolute atomic E-state index is 0.643. The van der Waals surface area contributed by atoms with Gasteiger partial charge in [-0.3, -0.25) is 0 Å². The van der Waals surface area contributed by atoms with Gasteiger partial charge >= 0.3 is 0 Å². The van der Waals surface area contributed by atoms with Gasteiger partial charge in [0.1, 0.15) is 0 Å². The molecule has 0 saturated carbocycles. The zero-order valence-electron chi connectivity index (χ0n) is 11.6. The van der Waals surface area contributed by atoms with Gasteiger partial charge in [-0.05, 0) is 56.5 Å². The van der Waals surface area contributed by atoms with E-state index in [0.717, 1.165) is 16.9 Å². The average molecular weight is 294 g/mol. The van der Waals surface area contributed by atoms with E-state index in [2.05, 4.69) is 38.2 Å². The van der Waals surface area contributed by atoms with Gasteiger partial charge in [-0.25, -0.2) is 0 Å². The third kappa shape index (κ3) is 3.05. The molecule has 0 radical (unpaired) electrons. The molecule has 1 nitrogen and oxygen atoms in total. The van der Waals surface area contributed by atoms with Gasteiger partial charge in [0, 0.05) is 5.69 Å². The quantitative estimate of drug-likeness (QED) is 0.719. The Balaban J connectivity index is 2.48. The molecule has 3 heteroatoms. The molecule has 19 heavy (non-hydrogen) atoms. The van der Waals surface area contributed by atoms with Gasteiger partial charge in [0.25, 0.3) is 0 Å². The van der Waals surface area contributed by atoms with Crippen molar-refractivity contribution in [2.24, 2.45) is 0 Å². The van der Waals surface area contributed by atoms with E-state index in [-0.39, 0.29) is 0 Å². The van der Waals surface area contributed by atoms with E-state index in [1.54, 1.807) is 0 Å². The predicted molar refractivity (Wildman–Crippen MR) is 85.1 cm³/mol. The fourth-order valence-electron chi connectivity index (χ4n) is 2.32. The third-order valence-corrected chi connectivity index (χ3v) is 3.71. The van der Waals surface area contributed by atoms with Gasteiger partial charge < -0.3 is 5.32 Å². The van der Waals surface area contributed by atoms with Crippen LogP contribution in [0.1, 0.15) is 22.3 Å². The molecule has 0 fully saturated rings. The molecular formula is C16H17Cl2N. The molecule has 0 aliphatic rings. The number of nitrogens with one attached hydrogen (secondary N) is 1.